The van der Waals surface area contributed by atoms with Crippen LogP contribution in [0.4, 0.5) is 5.13 Å². The van der Waals surface area contributed by atoms with Gasteiger partial charge in [0.25, 0.3) is 0 Å². The molecule has 1 heterocycles. The fourth-order valence-electron chi connectivity index (χ4n) is 3.30. The molecule has 6 nitrogen and oxygen atoms in total. The Labute approximate surface area is 189 Å². The molecule has 0 saturated carbocycles. The fraction of sp³-hybridized carbons (Fsp3) is 0.0435. The van der Waals surface area contributed by atoms with Crippen LogP contribution >= 0.6 is 24.2 Å². The number of carbonyl (C=O) groups excluding carboxylic acids is 1. The number of nitrogen functional groups attached to an aromatic ring is 1. The van der Waals surface area contributed by atoms with Crippen molar-refractivity contribution in [2.45, 2.75) is 5.60 Å². The van der Waals surface area contributed by atoms with Crippen molar-refractivity contribution in [1.29, 1.82) is 0 Å². The first-order valence-corrected chi connectivity index (χ1v) is 10.6. The lowest BCUT2D eigenvalue weighted by atomic mass is 9.80. The van der Waals surface area contributed by atoms with Crippen LogP contribution < -0.4 is 5.73 Å². The first kappa shape index (κ1) is 20.8. The Morgan fingerprint density at radius 1 is 0.871 bits per heavy atom. The second-order valence-electron chi connectivity index (χ2n) is 6.57. The van der Waals surface area contributed by atoms with Gasteiger partial charge in [-0.2, -0.15) is 9.36 Å². The summed E-state index contributed by atoms with van der Waals surface area (Å²) in [7, 11) is 0. The highest BCUT2D eigenvalue weighted by Gasteiger charge is 2.40. The molecule has 3 aromatic carbocycles. The highest BCUT2D eigenvalue weighted by Crippen LogP contribution is 2.40. The fourth-order valence-corrected chi connectivity index (χ4v) is 3.87. The van der Waals surface area contributed by atoms with Crippen LogP contribution in [0.2, 0.25) is 0 Å². The van der Waals surface area contributed by atoms with Gasteiger partial charge in [-0.15, -0.1) is 0 Å². The van der Waals surface area contributed by atoms with E-state index in [4.69, 9.17) is 10.6 Å². The molecule has 0 aliphatic carbocycles. The van der Waals surface area contributed by atoms with Gasteiger partial charge in [0.2, 0.25) is 22.3 Å². The molecule has 31 heavy (non-hydrogen) atoms. The SMILES string of the molecule is Nc1nc(/C(=N/OC(c2ccccc2)(c2ccccc2)c2ccccc2)C(=O)S)ns1. The lowest BCUT2D eigenvalue weighted by molar-refractivity contribution is -0.105. The number of benzene rings is 3. The molecule has 0 atom stereocenters. The van der Waals surface area contributed by atoms with Crippen molar-refractivity contribution in [1.82, 2.24) is 9.36 Å². The lowest BCUT2D eigenvalue weighted by Gasteiger charge is -2.33. The van der Waals surface area contributed by atoms with Crippen LogP contribution in [0.25, 0.3) is 0 Å². The minimum atomic E-state index is -1.13. The van der Waals surface area contributed by atoms with Crippen molar-refractivity contribution in [3.05, 3.63) is 114 Å². The first-order chi connectivity index (χ1) is 15.1. The minimum Gasteiger partial charge on any atom is -0.374 e. The number of aromatic nitrogens is 2. The zero-order valence-corrected chi connectivity index (χ0v) is 18.0. The molecule has 4 rings (SSSR count). The third-order valence-corrected chi connectivity index (χ3v) is 5.43. The number of anilines is 1. The van der Waals surface area contributed by atoms with E-state index in [1.165, 1.54) is 0 Å². The Balaban J connectivity index is 1.95. The summed E-state index contributed by atoms with van der Waals surface area (Å²) in [4.78, 5) is 22.6. The molecule has 2 N–H and O–H groups in total. The predicted molar refractivity (Wildman–Crippen MR) is 125 cm³/mol. The van der Waals surface area contributed by atoms with Crippen LogP contribution in [0.5, 0.6) is 0 Å². The van der Waals surface area contributed by atoms with Gasteiger partial charge >= 0.3 is 0 Å². The molecule has 0 spiro atoms. The number of hydrogen-bond acceptors (Lipinski definition) is 7. The van der Waals surface area contributed by atoms with E-state index in [0.29, 0.717) is 0 Å². The summed E-state index contributed by atoms with van der Waals surface area (Å²) in [6.45, 7) is 0. The van der Waals surface area contributed by atoms with Crippen LogP contribution in [0, 0.1) is 0 Å². The molecular formula is C23H18N4O2S2. The normalized spacial score (nSPS) is 11.8. The summed E-state index contributed by atoms with van der Waals surface area (Å²) < 4.78 is 4.08. The Morgan fingerprint density at radius 2 is 1.32 bits per heavy atom. The number of thiol groups is 1. The Bertz CT molecular complexity index is 1100. The lowest BCUT2D eigenvalue weighted by Crippen LogP contribution is -2.32. The Morgan fingerprint density at radius 3 is 1.68 bits per heavy atom. The van der Waals surface area contributed by atoms with Crippen LogP contribution in [-0.2, 0) is 15.2 Å². The maximum Gasteiger partial charge on any atom is 0.242 e. The van der Waals surface area contributed by atoms with E-state index in [1.807, 2.05) is 91.0 Å². The highest BCUT2D eigenvalue weighted by atomic mass is 32.1. The number of rotatable bonds is 7. The van der Waals surface area contributed by atoms with E-state index in [-0.39, 0.29) is 16.7 Å². The van der Waals surface area contributed by atoms with E-state index in [2.05, 4.69) is 27.1 Å². The standard InChI is InChI=1S/C23H18N4O2S2/c24-22-25-20(27-31-22)19(21(28)30)26-29-23(16-10-4-1-5-11-16,17-12-6-2-7-13-17)18-14-8-3-9-15-18/h1-15H,(H,28,30)(H2,24,25,27)/b26-19-. The Hall–Kier alpha value is -3.49. The molecule has 0 saturated heterocycles. The van der Waals surface area contributed by atoms with Gasteiger partial charge in [0.15, 0.2) is 5.13 Å². The maximum absolute atomic E-state index is 12.2. The minimum absolute atomic E-state index is 0.0746. The molecule has 1 aromatic heterocycles. The predicted octanol–water partition coefficient (Wildman–Crippen LogP) is 4.29. The average molecular weight is 447 g/mol. The van der Waals surface area contributed by atoms with Crippen LogP contribution in [0.3, 0.4) is 0 Å². The summed E-state index contributed by atoms with van der Waals surface area (Å²) in [5.41, 5.74) is 6.96. The highest BCUT2D eigenvalue weighted by molar-refractivity contribution is 7.99. The van der Waals surface area contributed by atoms with Gasteiger partial charge in [-0.25, -0.2) is 0 Å². The zero-order chi connectivity index (χ0) is 21.7. The molecule has 8 heteroatoms. The van der Waals surface area contributed by atoms with Crippen molar-refractivity contribution in [3.63, 3.8) is 0 Å². The third-order valence-electron chi connectivity index (χ3n) is 4.67. The van der Waals surface area contributed by atoms with Crippen molar-refractivity contribution in [2.75, 3.05) is 5.73 Å². The van der Waals surface area contributed by atoms with E-state index in [1.54, 1.807) is 0 Å². The topological polar surface area (TPSA) is 90.5 Å². The second-order valence-corrected chi connectivity index (χ2v) is 7.76. The average Bonchev–Trinajstić information content (AvgIpc) is 3.24. The van der Waals surface area contributed by atoms with Gasteiger partial charge < -0.3 is 10.6 Å². The quantitative estimate of drug-likeness (QED) is 0.191. The van der Waals surface area contributed by atoms with E-state index in [9.17, 15) is 4.79 Å². The molecule has 0 radical (unpaired) electrons. The molecule has 0 fully saturated rings. The smallest absolute Gasteiger partial charge is 0.242 e. The first-order valence-electron chi connectivity index (χ1n) is 9.37. The van der Waals surface area contributed by atoms with Gasteiger partial charge in [-0.3, -0.25) is 4.79 Å². The largest absolute Gasteiger partial charge is 0.374 e. The number of carbonyl (C=O) groups is 1. The summed E-state index contributed by atoms with van der Waals surface area (Å²) in [6.07, 6.45) is 0. The number of nitrogens with two attached hydrogens (primary N) is 1. The number of oxime groups is 1. The molecule has 0 aliphatic heterocycles. The Kier molecular flexibility index (Phi) is 6.11. The van der Waals surface area contributed by atoms with Gasteiger partial charge in [-0.05, 0) is 0 Å². The second kappa shape index (κ2) is 9.11. The van der Waals surface area contributed by atoms with Crippen LogP contribution in [-0.4, -0.2) is 20.2 Å². The summed E-state index contributed by atoms with van der Waals surface area (Å²) in [5.74, 6) is 0.0746. The third kappa shape index (κ3) is 4.21. The maximum atomic E-state index is 12.2. The summed E-state index contributed by atoms with van der Waals surface area (Å²) in [5, 5.41) is 3.82. The molecule has 154 valence electrons. The molecule has 0 bridgehead atoms. The van der Waals surface area contributed by atoms with Gasteiger partial charge in [0.05, 0.1) is 0 Å². The molecular weight excluding hydrogens is 428 g/mol. The van der Waals surface area contributed by atoms with Gasteiger partial charge in [-0.1, -0.05) is 109 Å². The zero-order valence-electron chi connectivity index (χ0n) is 16.3. The molecule has 0 amide bonds. The van der Waals surface area contributed by atoms with E-state index in [0.717, 1.165) is 28.2 Å². The van der Waals surface area contributed by atoms with Crippen LogP contribution in [0.15, 0.2) is 96.2 Å². The van der Waals surface area contributed by atoms with Crippen molar-refractivity contribution in [2.24, 2.45) is 5.16 Å². The summed E-state index contributed by atoms with van der Waals surface area (Å²) >= 11 is 4.91. The molecule has 0 aliphatic rings. The summed E-state index contributed by atoms with van der Waals surface area (Å²) in [6, 6.07) is 29.1. The van der Waals surface area contributed by atoms with Gasteiger partial charge in [0, 0.05) is 28.2 Å². The molecule has 4 aromatic rings. The van der Waals surface area contributed by atoms with Crippen molar-refractivity contribution < 1.29 is 9.63 Å². The molecule has 0 unspecified atom stereocenters. The van der Waals surface area contributed by atoms with Crippen molar-refractivity contribution in [3.8, 4) is 0 Å². The van der Waals surface area contributed by atoms with Gasteiger partial charge in [0.1, 0.15) is 0 Å². The number of nitrogens with zero attached hydrogens (tertiary/aromatic N) is 3. The number of hydrogen-bond donors (Lipinski definition) is 2. The van der Waals surface area contributed by atoms with E-state index >= 15 is 0 Å². The van der Waals surface area contributed by atoms with Crippen molar-refractivity contribution >= 4 is 40.1 Å². The van der Waals surface area contributed by atoms with Crippen LogP contribution in [0.1, 0.15) is 22.5 Å². The van der Waals surface area contributed by atoms with E-state index < -0.39 is 10.7 Å². The monoisotopic (exact) mass is 446 g/mol.